The summed E-state index contributed by atoms with van der Waals surface area (Å²) in [6.45, 7) is 0.155. The quantitative estimate of drug-likeness (QED) is 0.359. The highest BCUT2D eigenvalue weighted by molar-refractivity contribution is 9.10. The monoisotopic (exact) mass is 452 g/mol. The first kappa shape index (κ1) is 18.6. The molecule has 26 heavy (non-hydrogen) atoms. The average molecular weight is 454 g/mol. The lowest BCUT2D eigenvalue weighted by molar-refractivity contribution is -0.384. The molecule has 6 nitrogen and oxygen atoms in total. The Labute approximate surface area is 166 Å². The first-order valence-corrected chi connectivity index (χ1v) is 9.27. The summed E-state index contributed by atoms with van der Waals surface area (Å²) in [5.74, 6) is -0.433. The lowest BCUT2D eigenvalue weighted by Gasteiger charge is -2.12. The molecule has 0 aliphatic carbocycles. The Bertz CT molecular complexity index is 964. The number of rotatable bonds is 4. The van der Waals surface area contributed by atoms with E-state index in [9.17, 15) is 19.7 Å². The Kier molecular flexibility index (Phi) is 5.45. The van der Waals surface area contributed by atoms with Crippen molar-refractivity contribution in [3.8, 4) is 0 Å². The molecule has 0 radical (unpaired) electrons. The molecule has 0 unspecified atom stereocenters. The Hall–Kier alpha value is -2.16. The van der Waals surface area contributed by atoms with Gasteiger partial charge in [0.1, 0.15) is 5.02 Å². The summed E-state index contributed by atoms with van der Waals surface area (Å²) in [6, 6.07) is 11.5. The standard InChI is InChI=1S/C17H10BrClN2O4S/c18-12-3-1-2-11(6-12)9-20-16(22)15(26-17(20)23)8-10-4-5-13(19)14(7-10)21(24)25/h1-8H,9H2/b15-8-. The zero-order valence-corrected chi connectivity index (χ0v) is 16.2. The summed E-state index contributed by atoms with van der Waals surface area (Å²) in [5.41, 5.74) is 0.980. The van der Waals surface area contributed by atoms with E-state index in [2.05, 4.69) is 15.9 Å². The molecule has 0 spiro atoms. The van der Waals surface area contributed by atoms with Crippen molar-refractivity contribution in [1.82, 2.24) is 4.90 Å². The number of nitro benzene ring substituents is 1. The molecule has 1 saturated heterocycles. The maximum atomic E-state index is 12.5. The fourth-order valence-electron chi connectivity index (χ4n) is 2.36. The Balaban J connectivity index is 1.85. The topological polar surface area (TPSA) is 80.5 Å². The summed E-state index contributed by atoms with van der Waals surface area (Å²) in [4.78, 5) is 36.5. The van der Waals surface area contributed by atoms with Crippen molar-refractivity contribution in [2.24, 2.45) is 0 Å². The number of benzene rings is 2. The van der Waals surface area contributed by atoms with E-state index in [0.29, 0.717) is 5.56 Å². The van der Waals surface area contributed by atoms with Gasteiger partial charge in [-0.3, -0.25) is 24.6 Å². The zero-order chi connectivity index (χ0) is 18.8. The van der Waals surface area contributed by atoms with Gasteiger partial charge in [-0.1, -0.05) is 45.7 Å². The maximum Gasteiger partial charge on any atom is 0.293 e. The van der Waals surface area contributed by atoms with Gasteiger partial charge in [0.2, 0.25) is 0 Å². The molecule has 3 rings (SSSR count). The molecule has 1 fully saturated rings. The Morgan fingerprint density at radius 2 is 2.00 bits per heavy atom. The van der Waals surface area contributed by atoms with Gasteiger partial charge in [0.25, 0.3) is 16.8 Å². The number of amides is 2. The third-order valence-electron chi connectivity index (χ3n) is 3.57. The van der Waals surface area contributed by atoms with Crippen molar-refractivity contribution < 1.29 is 14.5 Å². The van der Waals surface area contributed by atoms with Gasteiger partial charge in [-0.15, -0.1) is 0 Å². The van der Waals surface area contributed by atoms with E-state index < -0.39 is 10.8 Å². The molecule has 2 aromatic rings. The van der Waals surface area contributed by atoms with E-state index in [1.807, 2.05) is 24.3 Å². The van der Waals surface area contributed by atoms with Gasteiger partial charge in [-0.2, -0.15) is 0 Å². The number of nitrogens with zero attached hydrogens (tertiary/aromatic N) is 2. The van der Waals surface area contributed by atoms with Gasteiger partial charge < -0.3 is 0 Å². The highest BCUT2D eigenvalue weighted by Crippen LogP contribution is 2.34. The van der Waals surface area contributed by atoms with E-state index >= 15 is 0 Å². The molecule has 2 amide bonds. The average Bonchev–Trinajstić information content (AvgIpc) is 2.84. The molecule has 132 valence electrons. The minimum Gasteiger partial charge on any atom is -0.268 e. The summed E-state index contributed by atoms with van der Waals surface area (Å²) in [6.07, 6.45) is 1.45. The summed E-state index contributed by atoms with van der Waals surface area (Å²) < 4.78 is 0.853. The van der Waals surface area contributed by atoms with E-state index in [0.717, 1.165) is 26.7 Å². The van der Waals surface area contributed by atoms with Gasteiger partial charge in [-0.25, -0.2) is 0 Å². The van der Waals surface area contributed by atoms with Crippen LogP contribution in [-0.2, 0) is 11.3 Å². The summed E-state index contributed by atoms with van der Waals surface area (Å²) in [7, 11) is 0. The van der Waals surface area contributed by atoms with Crippen molar-refractivity contribution >= 4 is 62.2 Å². The molecular weight excluding hydrogens is 444 g/mol. The van der Waals surface area contributed by atoms with E-state index in [1.54, 1.807) is 6.07 Å². The second-order valence-electron chi connectivity index (χ2n) is 5.37. The first-order chi connectivity index (χ1) is 12.3. The van der Waals surface area contributed by atoms with Crippen molar-refractivity contribution in [2.45, 2.75) is 6.54 Å². The number of hydrogen-bond acceptors (Lipinski definition) is 5. The summed E-state index contributed by atoms with van der Waals surface area (Å²) >= 11 is 9.94. The smallest absolute Gasteiger partial charge is 0.268 e. The highest BCUT2D eigenvalue weighted by Gasteiger charge is 2.35. The second kappa shape index (κ2) is 7.61. The molecule has 1 aliphatic rings. The number of hydrogen-bond donors (Lipinski definition) is 0. The minimum absolute atomic E-state index is 0.00917. The lowest BCUT2D eigenvalue weighted by atomic mass is 10.1. The molecule has 0 aromatic heterocycles. The number of nitro groups is 1. The first-order valence-electron chi connectivity index (χ1n) is 7.29. The fourth-order valence-corrected chi connectivity index (χ4v) is 3.84. The van der Waals surface area contributed by atoms with Crippen LogP contribution in [0.3, 0.4) is 0 Å². The van der Waals surface area contributed by atoms with Crippen LogP contribution >= 0.6 is 39.3 Å². The van der Waals surface area contributed by atoms with Crippen LogP contribution in [0.4, 0.5) is 10.5 Å². The molecule has 1 aliphatic heterocycles. The zero-order valence-electron chi connectivity index (χ0n) is 13.0. The third-order valence-corrected chi connectivity index (χ3v) is 5.29. The largest absolute Gasteiger partial charge is 0.293 e. The number of carbonyl (C=O) groups is 2. The molecule has 9 heteroatoms. The van der Waals surface area contributed by atoms with Crippen LogP contribution in [0.2, 0.25) is 5.02 Å². The van der Waals surface area contributed by atoms with Crippen molar-refractivity contribution in [3.05, 3.63) is 78.1 Å². The SMILES string of the molecule is O=C1S/C(=C\c2ccc(Cl)c([N+](=O)[O-])c2)C(=O)N1Cc1cccc(Br)c1. The maximum absolute atomic E-state index is 12.5. The fraction of sp³-hybridized carbons (Fsp3) is 0.0588. The van der Waals surface area contributed by atoms with E-state index in [4.69, 9.17) is 11.6 Å². The molecule has 0 saturated carbocycles. The van der Waals surface area contributed by atoms with Gasteiger partial charge in [0, 0.05) is 10.5 Å². The molecule has 1 heterocycles. The predicted octanol–water partition coefficient (Wildman–Crippen LogP) is 5.25. The normalized spacial score (nSPS) is 15.8. The van der Waals surface area contributed by atoms with Crippen LogP contribution in [0.5, 0.6) is 0 Å². The number of thioether (sulfide) groups is 1. The van der Waals surface area contributed by atoms with Gasteiger partial charge >= 0.3 is 0 Å². The minimum atomic E-state index is -0.599. The second-order valence-corrected chi connectivity index (χ2v) is 7.68. The summed E-state index contributed by atoms with van der Waals surface area (Å²) in [5, 5.41) is 10.6. The third kappa shape index (κ3) is 3.98. The van der Waals surface area contributed by atoms with Crippen molar-refractivity contribution in [2.75, 3.05) is 0 Å². The highest BCUT2D eigenvalue weighted by atomic mass is 79.9. The van der Waals surface area contributed by atoms with Gasteiger partial charge in [-0.05, 0) is 47.2 Å². The molecular formula is C17H10BrClN2O4S. The van der Waals surface area contributed by atoms with Gasteiger partial charge in [0.15, 0.2) is 0 Å². The molecule has 0 N–H and O–H groups in total. The number of imide groups is 1. The molecule has 2 aromatic carbocycles. The van der Waals surface area contributed by atoms with Crippen LogP contribution in [0.15, 0.2) is 51.8 Å². The van der Waals surface area contributed by atoms with Crippen LogP contribution in [0.25, 0.3) is 6.08 Å². The number of carbonyl (C=O) groups excluding carboxylic acids is 2. The number of halogens is 2. The molecule has 0 bridgehead atoms. The van der Waals surface area contributed by atoms with Crippen molar-refractivity contribution in [1.29, 1.82) is 0 Å². The van der Waals surface area contributed by atoms with E-state index in [1.165, 1.54) is 18.2 Å². The molecule has 0 atom stereocenters. The Morgan fingerprint density at radius 3 is 2.69 bits per heavy atom. The van der Waals surface area contributed by atoms with Crippen LogP contribution in [0.1, 0.15) is 11.1 Å². The van der Waals surface area contributed by atoms with Crippen LogP contribution in [-0.4, -0.2) is 21.0 Å². The predicted molar refractivity (Wildman–Crippen MR) is 104 cm³/mol. The van der Waals surface area contributed by atoms with Gasteiger partial charge in [0.05, 0.1) is 16.4 Å². The Morgan fingerprint density at radius 1 is 1.23 bits per heavy atom. The van der Waals surface area contributed by atoms with Crippen molar-refractivity contribution in [3.63, 3.8) is 0 Å². The van der Waals surface area contributed by atoms with Crippen LogP contribution < -0.4 is 0 Å². The van der Waals surface area contributed by atoms with E-state index in [-0.39, 0.29) is 27.4 Å². The van der Waals surface area contributed by atoms with Crippen LogP contribution in [0, 0.1) is 10.1 Å². The lowest BCUT2D eigenvalue weighted by Crippen LogP contribution is -2.27.